The molecule has 0 saturated carbocycles. The fraction of sp³-hybridized carbons (Fsp3) is 0.632. The minimum atomic E-state index is -0.310. The lowest BCUT2D eigenvalue weighted by atomic mass is 10.2. The Balaban J connectivity index is 1.66. The average molecular weight is 349 g/mol. The number of likely N-dealkylation sites (tertiary alicyclic amines) is 1. The number of nitrogens with one attached hydrogen (secondary N) is 1. The molecule has 25 heavy (non-hydrogen) atoms. The Hall–Kier alpha value is -1.82. The number of carbonyl (C=O) groups is 1. The van der Waals surface area contributed by atoms with Gasteiger partial charge in [-0.05, 0) is 44.9 Å². The van der Waals surface area contributed by atoms with E-state index in [1.165, 1.54) is 18.9 Å². The SMILES string of the molecule is C[C@@H]1CN(c2ccc(NC(=O)N3CCCCCC3)cc2F)C[C@@H](C)O1. The van der Waals surface area contributed by atoms with Gasteiger partial charge in [-0.25, -0.2) is 9.18 Å². The van der Waals surface area contributed by atoms with E-state index in [-0.39, 0.29) is 24.1 Å². The Morgan fingerprint density at radius 1 is 1.12 bits per heavy atom. The summed E-state index contributed by atoms with van der Waals surface area (Å²) in [5.41, 5.74) is 1.07. The highest BCUT2D eigenvalue weighted by atomic mass is 19.1. The van der Waals surface area contributed by atoms with Gasteiger partial charge in [0, 0.05) is 31.9 Å². The molecule has 138 valence electrons. The van der Waals surface area contributed by atoms with Crippen molar-refractivity contribution in [2.45, 2.75) is 51.7 Å². The van der Waals surface area contributed by atoms with E-state index in [1.807, 2.05) is 23.6 Å². The molecule has 1 N–H and O–H groups in total. The molecular formula is C19H28FN3O2. The van der Waals surface area contributed by atoms with Crippen molar-refractivity contribution in [2.24, 2.45) is 0 Å². The van der Waals surface area contributed by atoms with Gasteiger partial charge in [0.25, 0.3) is 0 Å². The van der Waals surface area contributed by atoms with E-state index in [0.717, 1.165) is 25.9 Å². The minimum absolute atomic E-state index is 0.0746. The number of urea groups is 1. The molecule has 2 atom stereocenters. The number of halogens is 1. The standard InChI is InChI=1S/C19H28FN3O2/c1-14-12-23(13-15(2)25-14)18-8-7-16(11-17(18)20)21-19(24)22-9-5-3-4-6-10-22/h7-8,11,14-15H,3-6,9-10,12-13H2,1-2H3,(H,21,24)/t14-,15-/m1/s1. The van der Waals surface area contributed by atoms with Gasteiger partial charge in [0.15, 0.2) is 0 Å². The van der Waals surface area contributed by atoms with Crippen molar-refractivity contribution in [3.63, 3.8) is 0 Å². The first-order valence-electron chi connectivity index (χ1n) is 9.29. The van der Waals surface area contributed by atoms with E-state index in [0.29, 0.717) is 24.5 Å². The molecule has 0 radical (unpaired) electrons. The van der Waals surface area contributed by atoms with E-state index in [9.17, 15) is 9.18 Å². The summed E-state index contributed by atoms with van der Waals surface area (Å²) in [6, 6.07) is 4.80. The minimum Gasteiger partial charge on any atom is -0.372 e. The largest absolute Gasteiger partial charge is 0.372 e. The maximum Gasteiger partial charge on any atom is 0.321 e. The molecule has 2 fully saturated rings. The molecule has 3 rings (SSSR count). The first-order chi connectivity index (χ1) is 12.0. The molecule has 5 nitrogen and oxygen atoms in total. The lowest BCUT2D eigenvalue weighted by Gasteiger charge is -2.37. The number of anilines is 2. The molecule has 2 amide bonds. The van der Waals surface area contributed by atoms with Gasteiger partial charge in [-0.3, -0.25) is 0 Å². The summed E-state index contributed by atoms with van der Waals surface area (Å²) >= 11 is 0. The predicted molar refractivity (Wildman–Crippen MR) is 97.7 cm³/mol. The molecule has 2 saturated heterocycles. The van der Waals surface area contributed by atoms with Crippen LogP contribution in [0.3, 0.4) is 0 Å². The molecule has 0 aliphatic carbocycles. The van der Waals surface area contributed by atoms with Crippen LogP contribution in [0.25, 0.3) is 0 Å². The quantitative estimate of drug-likeness (QED) is 0.882. The highest BCUT2D eigenvalue weighted by Gasteiger charge is 2.24. The Morgan fingerprint density at radius 3 is 2.36 bits per heavy atom. The second kappa shape index (κ2) is 8.04. The van der Waals surface area contributed by atoms with Crippen molar-refractivity contribution in [3.8, 4) is 0 Å². The molecule has 0 unspecified atom stereocenters. The van der Waals surface area contributed by atoms with E-state index < -0.39 is 0 Å². The summed E-state index contributed by atoms with van der Waals surface area (Å²) in [6.07, 6.45) is 4.56. The van der Waals surface area contributed by atoms with Crippen LogP contribution in [-0.4, -0.2) is 49.3 Å². The molecule has 2 aliphatic rings. The molecule has 0 aromatic heterocycles. The summed E-state index contributed by atoms with van der Waals surface area (Å²) in [4.78, 5) is 16.2. The van der Waals surface area contributed by atoms with Crippen LogP contribution in [0, 0.1) is 5.82 Å². The number of carbonyl (C=O) groups excluding carboxylic acids is 1. The number of rotatable bonds is 2. The number of hydrogen-bond donors (Lipinski definition) is 1. The Bertz CT molecular complexity index is 592. The Kier molecular flexibility index (Phi) is 5.78. The number of morpholine rings is 1. The van der Waals surface area contributed by atoms with E-state index in [4.69, 9.17) is 4.74 Å². The molecule has 2 aliphatic heterocycles. The van der Waals surface area contributed by atoms with Crippen molar-refractivity contribution >= 4 is 17.4 Å². The van der Waals surface area contributed by atoms with Crippen molar-refractivity contribution in [1.82, 2.24) is 4.90 Å². The second-order valence-electron chi connectivity index (χ2n) is 7.16. The van der Waals surface area contributed by atoms with Gasteiger partial charge in [-0.15, -0.1) is 0 Å². The van der Waals surface area contributed by atoms with Gasteiger partial charge in [0.2, 0.25) is 0 Å². The van der Waals surface area contributed by atoms with Gasteiger partial charge in [0.1, 0.15) is 5.82 Å². The lowest BCUT2D eigenvalue weighted by molar-refractivity contribution is -0.00539. The normalized spacial score (nSPS) is 24.8. The summed E-state index contributed by atoms with van der Waals surface area (Å²) in [5, 5.41) is 2.83. The number of benzene rings is 1. The first-order valence-corrected chi connectivity index (χ1v) is 9.29. The van der Waals surface area contributed by atoms with Crippen LogP contribution in [-0.2, 0) is 4.74 Å². The van der Waals surface area contributed by atoms with E-state index in [2.05, 4.69) is 5.32 Å². The fourth-order valence-electron chi connectivity index (χ4n) is 3.69. The Labute approximate surface area is 149 Å². The molecular weight excluding hydrogens is 321 g/mol. The molecule has 6 heteroatoms. The van der Waals surface area contributed by atoms with Crippen molar-refractivity contribution < 1.29 is 13.9 Å². The highest BCUT2D eigenvalue weighted by Crippen LogP contribution is 2.26. The fourth-order valence-corrected chi connectivity index (χ4v) is 3.69. The van der Waals surface area contributed by atoms with Crippen LogP contribution < -0.4 is 10.2 Å². The summed E-state index contributed by atoms with van der Waals surface area (Å²) in [5.74, 6) is -0.310. The second-order valence-corrected chi connectivity index (χ2v) is 7.16. The Morgan fingerprint density at radius 2 is 1.76 bits per heavy atom. The summed E-state index contributed by atoms with van der Waals surface area (Å²) in [7, 11) is 0. The van der Waals surface area contributed by atoms with Crippen LogP contribution in [0.2, 0.25) is 0 Å². The molecule has 1 aromatic rings. The topological polar surface area (TPSA) is 44.8 Å². The average Bonchev–Trinajstić information content (AvgIpc) is 2.83. The molecule has 2 heterocycles. The zero-order valence-electron chi connectivity index (χ0n) is 15.1. The summed E-state index contributed by atoms with van der Waals surface area (Å²) in [6.45, 7) is 6.88. The van der Waals surface area contributed by atoms with Crippen molar-refractivity contribution in [2.75, 3.05) is 36.4 Å². The first kappa shape index (κ1) is 18.0. The van der Waals surface area contributed by atoms with Crippen LogP contribution in [0.4, 0.5) is 20.6 Å². The van der Waals surface area contributed by atoms with Crippen LogP contribution in [0.1, 0.15) is 39.5 Å². The lowest BCUT2D eigenvalue weighted by Crippen LogP contribution is -2.45. The number of hydrogen-bond acceptors (Lipinski definition) is 3. The van der Waals surface area contributed by atoms with E-state index in [1.54, 1.807) is 12.1 Å². The van der Waals surface area contributed by atoms with Gasteiger partial charge in [0.05, 0.1) is 17.9 Å². The maximum atomic E-state index is 14.6. The number of amides is 2. The molecule has 1 aromatic carbocycles. The highest BCUT2D eigenvalue weighted by molar-refractivity contribution is 5.89. The zero-order chi connectivity index (χ0) is 17.8. The van der Waals surface area contributed by atoms with E-state index >= 15 is 0 Å². The van der Waals surface area contributed by atoms with Gasteiger partial charge >= 0.3 is 6.03 Å². The van der Waals surface area contributed by atoms with Crippen molar-refractivity contribution in [3.05, 3.63) is 24.0 Å². The zero-order valence-corrected chi connectivity index (χ0v) is 15.1. The molecule has 0 bridgehead atoms. The third-order valence-corrected chi connectivity index (χ3v) is 4.85. The van der Waals surface area contributed by atoms with Crippen molar-refractivity contribution in [1.29, 1.82) is 0 Å². The van der Waals surface area contributed by atoms with Gasteiger partial charge in [-0.1, -0.05) is 12.8 Å². The maximum absolute atomic E-state index is 14.6. The van der Waals surface area contributed by atoms with Crippen LogP contribution in [0.15, 0.2) is 18.2 Å². The number of ether oxygens (including phenoxy) is 1. The monoisotopic (exact) mass is 349 g/mol. The van der Waals surface area contributed by atoms with Crippen LogP contribution in [0.5, 0.6) is 0 Å². The predicted octanol–water partition coefficient (Wildman–Crippen LogP) is 3.85. The third kappa shape index (κ3) is 4.63. The third-order valence-electron chi connectivity index (χ3n) is 4.85. The van der Waals surface area contributed by atoms with Gasteiger partial charge in [-0.2, -0.15) is 0 Å². The smallest absolute Gasteiger partial charge is 0.321 e. The van der Waals surface area contributed by atoms with Crippen LogP contribution >= 0.6 is 0 Å². The van der Waals surface area contributed by atoms with Gasteiger partial charge < -0.3 is 19.9 Å². The number of nitrogens with zero attached hydrogens (tertiary/aromatic N) is 2. The summed E-state index contributed by atoms with van der Waals surface area (Å²) < 4.78 is 20.3. The molecule has 0 spiro atoms.